The smallest absolute Gasteiger partial charge is 0.333 e. The minimum Gasteiger partial charge on any atom is -0.466 e. The fraction of sp³-hybridized carbons (Fsp3) is 0.286. The number of fused-ring (bicyclic) bond motifs is 1. The Labute approximate surface area is 110 Å². The predicted molar refractivity (Wildman–Crippen MR) is 73.0 cm³/mol. The lowest BCUT2D eigenvalue weighted by Gasteiger charge is -2.01. The second-order valence-electron chi connectivity index (χ2n) is 4.32. The van der Waals surface area contributed by atoms with Gasteiger partial charge in [-0.15, -0.1) is 0 Å². The van der Waals surface area contributed by atoms with Gasteiger partial charge in [-0.05, 0) is 19.1 Å². The summed E-state index contributed by atoms with van der Waals surface area (Å²) in [6, 6.07) is 7.55. The summed E-state index contributed by atoms with van der Waals surface area (Å²) < 4.78 is 7.84. The van der Waals surface area contributed by atoms with Gasteiger partial charge in [0.1, 0.15) is 0 Å². The number of aromatic nitrogens is 2. The third-order valence-corrected chi connectivity index (χ3v) is 3.14. The molecule has 100 valence electrons. The molecule has 2 rings (SSSR count). The summed E-state index contributed by atoms with van der Waals surface area (Å²) in [5.41, 5.74) is 2.11. The first-order valence-corrected chi connectivity index (χ1v) is 5.95. The normalized spacial score (nSPS) is 11.8. The number of ether oxygens (including phenoxy) is 1. The highest BCUT2D eigenvalue weighted by molar-refractivity contribution is 5.87. The third kappa shape index (κ3) is 2.31. The molecule has 0 aliphatic rings. The quantitative estimate of drug-likeness (QED) is 0.620. The minimum absolute atomic E-state index is 0.102. The molecule has 5 heteroatoms. The average molecular weight is 260 g/mol. The van der Waals surface area contributed by atoms with Crippen molar-refractivity contribution in [3.8, 4) is 0 Å². The number of esters is 1. The molecule has 0 radical (unpaired) electrons. The molecule has 0 unspecified atom stereocenters. The summed E-state index contributed by atoms with van der Waals surface area (Å²) in [5.74, 6) is -0.381. The van der Waals surface area contributed by atoms with Crippen molar-refractivity contribution in [3.05, 3.63) is 46.4 Å². The van der Waals surface area contributed by atoms with Crippen LogP contribution in [0.1, 0.15) is 6.92 Å². The number of rotatable bonds is 3. The van der Waals surface area contributed by atoms with Gasteiger partial charge in [-0.25, -0.2) is 9.59 Å². The molecule has 0 aliphatic carbocycles. The first-order chi connectivity index (χ1) is 9.06. The Hall–Kier alpha value is -2.30. The molecule has 0 fully saturated rings. The highest BCUT2D eigenvalue weighted by atomic mass is 16.5. The van der Waals surface area contributed by atoms with Crippen LogP contribution >= 0.6 is 0 Å². The summed E-state index contributed by atoms with van der Waals surface area (Å²) in [5, 5.41) is 0. The first kappa shape index (κ1) is 13.1. The van der Waals surface area contributed by atoms with Gasteiger partial charge in [0.2, 0.25) is 0 Å². The maximum Gasteiger partial charge on any atom is 0.333 e. The van der Waals surface area contributed by atoms with Gasteiger partial charge in [-0.1, -0.05) is 18.2 Å². The van der Waals surface area contributed by atoms with Gasteiger partial charge in [-0.2, -0.15) is 0 Å². The number of benzene rings is 1. The average Bonchev–Trinajstić information content (AvgIpc) is 2.68. The molecule has 1 aromatic carbocycles. The van der Waals surface area contributed by atoms with Gasteiger partial charge in [0.15, 0.2) is 0 Å². The van der Waals surface area contributed by atoms with Gasteiger partial charge in [0.05, 0.1) is 18.1 Å². The number of allylic oxidation sites excluding steroid dienone is 1. The van der Waals surface area contributed by atoms with E-state index in [1.165, 1.54) is 7.11 Å². The van der Waals surface area contributed by atoms with Crippen molar-refractivity contribution < 1.29 is 9.53 Å². The number of methoxy groups -OCH3 is 1. The lowest BCUT2D eigenvalue weighted by Crippen LogP contribution is -2.22. The van der Waals surface area contributed by atoms with Crippen LogP contribution in [-0.2, 0) is 23.1 Å². The largest absolute Gasteiger partial charge is 0.466 e. The van der Waals surface area contributed by atoms with E-state index in [-0.39, 0.29) is 11.7 Å². The molecule has 0 saturated carbocycles. The van der Waals surface area contributed by atoms with Crippen molar-refractivity contribution in [1.29, 1.82) is 0 Å². The number of hydrogen-bond donors (Lipinski definition) is 0. The Bertz CT molecular complexity index is 707. The number of carbonyl (C=O) groups is 1. The zero-order valence-corrected chi connectivity index (χ0v) is 11.2. The molecule has 2 aromatic rings. The molecule has 1 heterocycles. The summed E-state index contributed by atoms with van der Waals surface area (Å²) in [4.78, 5) is 23.4. The van der Waals surface area contributed by atoms with Crippen LogP contribution in [0.4, 0.5) is 0 Å². The molecule has 0 saturated heterocycles. The van der Waals surface area contributed by atoms with Gasteiger partial charge in [0.25, 0.3) is 0 Å². The maximum atomic E-state index is 12.1. The first-order valence-electron chi connectivity index (χ1n) is 5.95. The Morgan fingerprint density at radius 3 is 2.58 bits per heavy atom. The van der Waals surface area contributed by atoms with E-state index in [9.17, 15) is 9.59 Å². The Morgan fingerprint density at radius 2 is 1.95 bits per heavy atom. The molecule has 0 atom stereocenters. The SMILES string of the molecule is COC(=O)C(C)=CCn1c(=O)n(C)c2ccccc21. The van der Waals surface area contributed by atoms with Gasteiger partial charge < -0.3 is 4.74 Å². The Kier molecular flexibility index (Phi) is 3.55. The zero-order chi connectivity index (χ0) is 14.0. The highest BCUT2D eigenvalue weighted by Gasteiger charge is 2.09. The van der Waals surface area contributed by atoms with E-state index in [1.54, 1.807) is 29.2 Å². The van der Waals surface area contributed by atoms with Crippen LogP contribution in [0.25, 0.3) is 11.0 Å². The summed E-state index contributed by atoms with van der Waals surface area (Å²) in [7, 11) is 3.07. The molecular weight excluding hydrogens is 244 g/mol. The highest BCUT2D eigenvalue weighted by Crippen LogP contribution is 2.11. The second kappa shape index (κ2) is 5.14. The van der Waals surface area contributed by atoms with Gasteiger partial charge in [-0.3, -0.25) is 9.13 Å². The number of nitrogens with zero attached hydrogens (tertiary/aromatic N) is 2. The van der Waals surface area contributed by atoms with Crippen LogP contribution in [0.5, 0.6) is 0 Å². The fourth-order valence-electron chi connectivity index (χ4n) is 2.01. The molecule has 5 nitrogen and oxygen atoms in total. The number of hydrogen-bond acceptors (Lipinski definition) is 3. The molecular formula is C14H16N2O3. The van der Waals surface area contributed by atoms with Crippen molar-refractivity contribution >= 4 is 17.0 Å². The monoisotopic (exact) mass is 260 g/mol. The molecule has 1 aromatic heterocycles. The van der Waals surface area contributed by atoms with Crippen LogP contribution in [0.3, 0.4) is 0 Å². The second-order valence-corrected chi connectivity index (χ2v) is 4.32. The van der Waals surface area contributed by atoms with Crippen molar-refractivity contribution in [3.63, 3.8) is 0 Å². The van der Waals surface area contributed by atoms with E-state index in [0.717, 1.165) is 11.0 Å². The van der Waals surface area contributed by atoms with Crippen molar-refractivity contribution in [1.82, 2.24) is 9.13 Å². The molecule has 0 bridgehead atoms. The van der Waals surface area contributed by atoms with E-state index in [2.05, 4.69) is 4.74 Å². The van der Waals surface area contributed by atoms with E-state index in [0.29, 0.717) is 12.1 Å². The third-order valence-electron chi connectivity index (χ3n) is 3.14. The lowest BCUT2D eigenvalue weighted by molar-refractivity contribution is -0.136. The molecule has 0 amide bonds. The fourth-order valence-corrected chi connectivity index (χ4v) is 2.01. The van der Waals surface area contributed by atoms with Crippen LogP contribution in [-0.4, -0.2) is 22.2 Å². The minimum atomic E-state index is -0.381. The maximum absolute atomic E-state index is 12.1. The van der Waals surface area contributed by atoms with Crippen molar-refractivity contribution in [2.24, 2.45) is 7.05 Å². The number of imidazole rings is 1. The number of para-hydroxylation sites is 2. The van der Waals surface area contributed by atoms with E-state index in [4.69, 9.17) is 0 Å². The lowest BCUT2D eigenvalue weighted by atomic mass is 10.3. The number of carbonyl (C=O) groups excluding carboxylic acids is 1. The van der Waals surface area contributed by atoms with Crippen LogP contribution in [0.15, 0.2) is 40.7 Å². The topological polar surface area (TPSA) is 53.2 Å². The van der Waals surface area contributed by atoms with Crippen LogP contribution < -0.4 is 5.69 Å². The van der Waals surface area contributed by atoms with Gasteiger partial charge in [0, 0.05) is 19.2 Å². The zero-order valence-electron chi connectivity index (χ0n) is 11.2. The summed E-state index contributed by atoms with van der Waals surface area (Å²) in [6.45, 7) is 2.02. The van der Waals surface area contributed by atoms with E-state index >= 15 is 0 Å². The van der Waals surface area contributed by atoms with E-state index < -0.39 is 0 Å². The number of aryl methyl sites for hydroxylation is 1. The predicted octanol–water partition coefficient (Wildman–Crippen LogP) is 1.46. The summed E-state index contributed by atoms with van der Waals surface area (Å²) in [6.07, 6.45) is 1.69. The molecule has 0 spiro atoms. The van der Waals surface area contributed by atoms with Crippen LogP contribution in [0, 0.1) is 0 Å². The van der Waals surface area contributed by atoms with Crippen molar-refractivity contribution in [2.75, 3.05) is 7.11 Å². The van der Waals surface area contributed by atoms with Gasteiger partial charge >= 0.3 is 11.7 Å². The summed E-state index contributed by atoms with van der Waals surface area (Å²) >= 11 is 0. The molecule has 0 aliphatic heterocycles. The van der Waals surface area contributed by atoms with Crippen molar-refractivity contribution in [2.45, 2.75) is 13.5 Å². The van der Waals surface area contributed by atoms with Crippen LogP contribution in [0.2, 0.25) is 0 Å². The van der Waals surface area contributed by atoms with E-state index in [1.807, 2.05) is 24.3 Å². The molecule has 0 N–H and O–H groups in total. The Morgan fingerprint density at radius 1 is 1.32 bits per heavy atom. The standard InChI is InChI=1S/C14H16N2O3/c1-10(13(17)19-3)8-9-16-12-7-5-4-6-11(12)15(2)14(16)18/h4-8H,9H2,1-3H3. The Balaban J connectivity index is 2.44. The molecule has 19 heavy (non-hydrogen) atoms.